The second kappa shape index (κ2) is 9.04. The quantitative estimate of drug-likeness (QED) is 0.551. The Morgan fingerprint density at radius 3 is 2.40 bits per heavy atom. The topological polar surface area (TPSA) is 123 Å². The molecule has 0 fully saturated rings. The van der Waals surface area contributed by atoms with Crippen LogP contribution < -0.4 is 21.1 Å². The molecule has 0 bridgehead atoms. The van der Waals surface area contributed by atoms with E-state index in [1.807, 2.05) is 18.2 Å². The van der Waals surface area contributed by atoms with Crippen molar-refractivity contribution in [1.29, 1.82) is 0 Å². The molecule has 0 saturated carbocycles. The SMILES string of the molecule is COc1ccc2nc(C)c(C(=O)NCc3ccc(C(=O)NCC(N)=O)cc3)cc2c1. The molecular weight excluding hydrogens is 384 g/mol. The molecule has 4 N–H and O–H groups in total. The third kappa shape index (κ3) is 4.91. The van der Waals surface area contributed by atoms with Crippen molar-refractivity contribution in [3.05, 3.63) is 70.9 Å². The highest BCUT2D eigenvalue weighted by molar-refractivity contribution is 5.99. The second-order valence-corrected chi connectivity index (χ2v) is 6.71. The van der Waals surface area contributed by atoms with Crippen LogP contribution >= 0.6 is 0 Å². The minimum atomic E-state index is -0.611. The molecule has 0 spiro atoms. The van der Waals surface area contributed by atoms with Gasteiger partial charge in [-0.2, -0.15) is 0 Å². The molecule has 30 heavy (non-hydrogen) atoms. The van der Waals surface area contributed by atoms with Gasteiger partial charge in [-0.3, -0.25) is 19.4 Å². The standard InChI is InChI=1S/C22H22N4O4/c1-13-18(10-16-9-17(30-2)7-8-19(16)26-13)22(29)24-11-14-3-5-15(6-4-14)21(28)25-12-20(23)27/h3-10H,11-12H2,1-2H3,(H2,23,27)(H,24,29)(H,25,28). The summed E-state index contributed by atoms with van der Waals surface area (Å²) in [5, 5.41) is 6.10. The first-order valence-corrected chi connectivity index (χ1v) is 9.26. The highest BCUT2D eigenvalue weighted by atomic mass is 16.5. The number of nitrogens with two attached hydrogens (primary N) is 1. The second-order valence-electron chi connectivity index (χ2n) is 6.71. The maximum atomic E-state index is 12.7. The van der Waals surface area contributed by atoms with E-state index < -0.39 is 11.8 Å². The molecule has 0 aliphatic rings. The van der Waals surface area contributed by atoms with E-state index in [0.29, 0.717) is 22.6 Å². The van der Waals surface area contributed by atoms with Gasteiger partial charge in [0.25, 0.3) is 11.8 Å². The predicted molar refractivity (Wildman–Crippen MR) is 112 cm³/mol. The van der Waals surface area contributed by atoms with Crippen molar-refractivity contribution < 1.29 is 19.1 Å². The van der Waals surface area contributed by atoms with Gasteiger partial charge in [0.2, 0.25) is 5.91 Å². The van der Waals surface area contributed by atoms with E-state index in [9.17, 15) is 14.4 Å². The van der Waals surface area contributed by atoms with E-state index in [1.54, 1.807) is 44.4 Å². The number of aryl methyl sites for hydroxylation is 1. The van der Waals surface area contributed by atoms with Crippen molar-refractivity contribution in [2.45, 2.75) is 13.5 Å². The monoisotopic (exact) mass is 406 g/mol. The lowest BCUT2D eigenvalue weighted by Gasteiger charge is -2.10. The van der Waals surface area contributed by atoms with Gasteiger partial charge in [-0.05, 0) is 48.9 Å². The molecule has 0 aliphatic carbocycles. The summed E-state index contributed by atoms with van der Waals surface area (Å²) in [6, 6.07) is 14.0. The molecule has 154 valence electrons. The number of aromatic nitrogens is 1. The summed E-state index contributed by atoms with van der Waals surface area (Å²) in [4.78, 5) is 39.8. The third-order valence-electron chi connectivity index (χ3n) is 4.55. The number of carbonyl (C=O) groups is 3. The maximum absolute atomic E-state index is 12.7. The Bertz CT molecular complexity index is 1110. The Balaban J connectivity index is 1.67. The van der Waals surface area contributed by atoms with Gasteiger partial charge in [0.1, 0.15) is 5.75 Å². The molecule has 0 radical (unpaired) electrons. The molecule has 0 atom stereocenters. The number of rotatable bonds is 7. The van der Waals surface area contributed by atoms with Gasteiger partial charge in [0.15, 0.2) is 0 Å². The lowest BCUT2D eigenvalue weighted by atomic mass is 10.1. The number of amides is 3. The van der Waals surface area contributed by atoms with Crippen LogP contribution in [0.3, 0.4) is 0 Å². The summed E-state index contributed by atoms with van der Waals surface area (Å²) in [5.74, 6) is -0.551. The smallest absolute Gasteiger partial charge is 0.253 e. The summed E-state index contributed by atoms with van der Waals surface area (Å²) < 4.78 is 5.23. The highest BCUT2D eigenvalue weighted by Gasteiger charge is 2.12. The van der Waals surface area contributed by atoms with Crippen LogP contribution in [0.5, 0.6) is 5.75 Å². The van der Waals surface area contributed by atoms with Crippen molar-refractivity contribution >= 4 is 28.6 Å². The number of methoxy groups -OCH3 is 1. The molecule has 1 heterocycles. The first-order valence-electron chi connectivity index (χ1n) is 9.26. The zero-order chi connectivity index (χ0) is 21.7. The number of fused-ring (bicyclic) bond motifs is 1. The zero-order valence-corrected chi connectivity index (χ0v) is 16.7. The molecule has 3 amide bonds. The number of hydrogen-bond donors (Lipinski definition) is 3. The van der Waals surface area contributed by atoms with E-state index in [-0.39, 0.29) is 19.0 Å². The lowest BCUT2D eigenvalue weighted by molar-refractivity contribution is -0.117. The van der Waals surface area contributed by atoms with Gasteiger partial charge in [-0.1, -0.05) is 12.1 Å². The normalized spacial score (nSPS) is 10.5. The number of carbonyl (C=O) groups excluding carboxylic acids is 3. The minimum absolute atomic E-state index is 0.221. The fraction of sp³-hybridized carbons (Fsp3) is 0.182. The van der Waals surface area contributed by atoms with Crippen LogP contribution in [0.25, 0.3) is 10.9 Å². The average molecular weight is 406 g/mol. The number of pyridine rings is 1. The third-order valence-corrected chi connectivity index (χ3v) is 4.55. The van der Waals surface area contributed by atoms with E-state index in [1.165, 1.54) is 0 Å². The summed E-state index contributed by atoms with van der Waals surface area (Å²) in [6.07, 6.45) is 0. The Morgan fingerprint density at radius 1 is 1.00 bits per heavy atom. The number of hydrogen-bond acceptors (Lipinski definition) is 5. The molecule has 8 heteroatoms. The van der Waals surface area contributed by atoms with Gasteiger partial charge < -0.3 is 21.1 Å². The molecule has 0 saturated heterocycles. The van der Waals surface area contributed by atoms with Crippen LogP contribution in [0.15, 0.2) is 48.5 Å². The van der Waals surface area contributed by atoms with Crippen LogP contribution in [0.2, 0.25) is 0 Å². The van der Waals surface area contributed by atoms with E-state index in [2.05, 4.69) is 15.6 Å². The molecule has 1 aromatic heterocycles. The van der Waals surface area contributed by atoms with Crippen molar-refractivity contribution in [3.8, 4) is 5.75 Å². The fourth-order valence-corrected chi connectivity index (χ4v) is 2.93. The lowest BCUT2D eigenvalue weighted by Crippen LogP contribution is -2.33. The van der Waals surface area contributed by atoms with Crippen LogP contribution in [-0.4, -0.2) is 36.4 Å². The number of ether oxygens (including phenoxy) is 1. The number of benzene rings is 2. The first-order chi connectivity index (χ1) is 14.4. The largest absolute Gasteiger partial charge is 0.497 e. The number of primary amides is 1. The number of nitrogens with one attached hydrogen (secondary N) is 2. The first kappa shape index (κ1) is 20.8. The fourth-order valence-electron chi connectivity index (χ4n) is 2.93. The van der Waals surface area contributed by atoms with Crippen LogP contribution in [0.1, 0.15) is 32.0 Å². The van der Waals surface area contributed by atoms with Gasteiger partial charge in [0, 0.05) is 17.5 Å². The van der Waals surface area contributed by atoms with E-state index in [0.717, 1.165) is 16.5 Å². The van der Waals surface area contributed by atoms with Crippen molar-refractivity contribution in [2.24, 2.45) is 5.73 Å². The molecule has 3 rings (SSSR count). The number of nitrogens with zero attached hydrogens (tertiary/aromatic N) is 1. The highest BCUT2D eigenvalue weighted by Crippen LogP contribution is 2.22. The van der Waals surface area contributed by atoms with Crippen molar-refractivity contribution in [2.75, 3.05) is 13.7 Å². The zero-order valence-electron chi connectivity index (χ0n) is 16.7. The van der Waals surface area contributed by atoms with E-state index >= 15 is 0 Å². The predicted octanol–water partition coefficient (Wildman–Crippen LogP) is 1.70. The van der Waals surface area contributed by atoms with E-state index in [4.69, 9.17) is 10.5 Å². The maximum Gasteiger partial charge on any atom is 0.253 e. The van der Waals surface area contributed by atoms with Gasteiger partial charge in [-0.25, -0.2) is 0 Å². The van der Waals surface area contributed by atoms with Gasteiger partial charge >= 0.3 is 0 Å². The summed E-state index contributed by atoms with van der Waals surface area (Å²) in [5.41, 5.74) is 8.13. The molecular formula is C22H22N4O4. The summed E-state index contributed by atoms with van der Waals surface area (Å²) >= 11 is 0. The molecule has 0 aliphatic heterocycles. The molecule has 0 unspecified atom stereocenters. The van der Waals surface area contributed by atoms with Crippen molar-refractivity contribution in [1.82, 2.24) is 15.6 Å². The van der Waals surface area contributed by atoms with Crippen molar-refractivity contribution in [3.63, 3.8) is 0 Å². The van der Waals surface area contributed by atoms with Crippen LogP contribution in [0, 0.1) is 6.92 Å². The van der Waals surface area contributed by atoms with Gasteiger partial charge in [-0.15, -0.1) is 0 Å². The molecule has 2 aromatic carbocycles. The Labute approximate surface area is 173 Å². The molecule has 3 aromatic rings. The van der Waals surface area contributed by atoms with Gasteiger partial charge in [0.05, 0.1) is 30.4 Å². The van der Waals surface area contributed by atoms with Crippen LogP contribution in [-0.2, 0) is 11.3 Å². The Hall–Kier alpha value is -3.94. The summed E-state index contributed by atoms with van der Waals surface area (Å²) in [7, 11) is 1.59. The average Bonchev–Trinajstić information content (AvgIpc) is 2.75. The molecule has 8 nitrogen and oxygen atoms in total. The van der Waals surface area contributed by atoms with Crippen LogP contribution in [0.4, 0.5) is 0 Å². The summed E-state index contributed by atoms with van der Waals surface area (Å²) in [6.45, 7) is 1.86. The minimum Gasteiger partial charge on any atom is -0.497 e. The Morgan fingerprint density at radius 2 is 1.73 bits per heavy atom. The Kier molecular flexibility index (Phi) is 6.26.